The minimum atomic E-state index is -1.22. The van der Waals surface area contributed by atoms with E-state index in [1.807, 2.05) is 6.92 Å². The average molecular weight is 644 g/mol. The predicted molar refractivity (Wildman–Crippen MR) is 182 cm³/mol. The van der Waals surface area contributed by atoms with Crippen LogP contribution in [-0.2, 0) is 0 Å². The van der Waals surface area contributed by atoms with Crippen LogP contribution < -0.4 is 17.7 Å². The molecule has 3 unspecified atom stereocenters. The molecule has 0 aliphatic carbocycles. The molecule has 0 heterocycles. The van der Waals surface area contributed by atoms with Crippen molar-refractivity contribution in [2.45, 2.75) is 198 Å². The molecule has 0 rings (SSSR count). The molecule has 0 aromatic carbocycles. The maximum absolute atomic E-state index is 11.6. The summed E-state index contributed by atoms with van der Waals surface area (Å²) in [6.45, 7) is 6.34. The second-order valence-electron chi connectivity index (χ2n) is 14.0. The van der Waals surface area contributed by atoms with Crippen molar-refractivity contribution in [2.24, 2.45) is 0 Å². The first kappa shape index (κ1) is 46.8. The molecule has 0 fully saturated rings. The zero-order chi connectivity index (χ0) is 30.3. The quantitative estimate of drug-likeness (QED) is 0.0465. The van der Waals surface area contributed by atoms with Crippen LogP contribution in [0.25, 0.3) is 0 Å². The highest BCUT2D eigenvalue weighted by atomic mass is 35.5. The second kappa shape index (κ2) is 27.7. The smallest absolute Gasteiger partial charge is 0.168 e. The molecule has 5 nitrogen and oxygen atoms in total. The second-order valence-corrected chi connectivity index (χ2v) is 14.0. The Morgan fingerprint density at radius 1 is 0.571 bits per heavy atom. The average Bonchev–Trinajstić information content (AvgIpc) is 2.89. The van der Waals surface area contributed by atoms with E-state index in [0.29, 0.717) is 17.3 Å². The maximum Gasteiger partial charge on any atom is 0.168 e. The van der Waals surface area contributed by atoms with E-state index in [1.165, 1.54) is 103 Å². The fraction of sp³-hybridized carbons (Fsp3) is 1.00. The van der Waals surface area contributed by atoms with E-state index in [1.54, 1.807) is 7.05 Å². The minimum absolute atomic E-state index is 0. The summed E-state index contributed by atoms with van der Waals surface area (Å²) in [4.78, 5) is 0. The van der Waals surface area contributed by atoms with Crippen molar-refractivity contribution < 1.29 is 32.2 Å². The zero-order valence-corrected chi connectivity index (χ0v) is 30.8. The summed E-state index contributed by atoms with van der Waals surface area (Å²) in [6.07, 6.45) is 27.1. The van der Waals surface area contributed by atoms with Gasteiger partial charge in [-0.1, -0.05) is 142 Å². The van der Waals surface area contributed by atoms with Crippen molar-refractivity contribution in [3.05, 3.63) is 0 Å². The lowest BCUT2D eigenvalue weighted by Crippen LogP contribution is -3.00. The number of unbranched alkanes of at least 4 members (excludes halogenated alkanes) is 18. The monoisotopic (exact) mass is 643 g/mol. The van der Waals surface area contributed by atoms with Gasteiger partial charge in [0.05, 0.1) is 33.4 Å². The number of aliphatic hydroxyl groups is 3. The van der Waals surface area contributed by atoms with Crippen LogP contribution in [0.15, 0.2) is 0 Å². The molecule has 42 heavy (non-hydrogen) atoms. The molecule has 0 spiro atoms. The molecule has 0 amide bonds. The number of likely N-dealkylation sites (N-methyl/N-ethyl adjacent to an activating group) is 2. The molecular formula is C35H76Cl2N2O3. The van der Waals surface area contributed by atoms with Crippen LogP contribution in [0, 0.1) is 0 Å². The molecular weight excluding hydrogens is 567 g/mol. The highest BCUT2D eigenvalue weighted by Crippen LogP contribution is 2.40. The summed E-state index contributed by atoms with van der Waals surface area (Å²) in [5.74, 6) is 0. The van der Waals surface area contributed by atoms with Crippen LogP contribution in [0.5, 0.6) is 0 Å². The summed E-state index contributed by atoms with van der Waals surface area (Å²) in [5.41, 5.74) is -1.93. The fourth-order valence-corrected chi connectivity index (χ4v) is 6.63. The van der Waals surface area contributed by atoms with Gasteiger partial charge in [0.1, 0.15) is 5.54 Å². The third-order valence-corrected chi connectivity index (χ3v) is 9.61. The van der Waals surface area contributed by atoms with Gasteiger partial charge in [0.25, 0.3) is 0 Å². The Bertz CT molecular complexity index is 541. The Morgan fingerprint density at radius 2 is 0.833 bits per heavy atom. The van der Waals surface area contributed by atoms with Gasteiger partial charge >= 0.3 is 0 Å². The number of nitrogens with one attached hydrogen (secondary N) is 1. The van der Waals surface area contributed by atoms with Crippen LogP contribution in [0.1, 0.15) is 175 Å². The number of hydrogen-bond acceptors (Lipinski definition) is 4. The van der Waals surface area contributed by atoms with E-state index < -0.39 is 23.5 Å². The van der Waals surface area contributed by atoms with E-state index >= 15 is 0 Å². The first-order chi connectivity index (χ1) is 19.0. The summed E-state index contributed by atoms with van der Waals surface area (Å²) < 4.78 is 0.477. The summed E-state index contributed by atoms with van der Waals surface area (Å²) in [6, 6.07) is 0. The molecule has 0 aromatic heterocycles. The van der Waals surface area contributed by atoms with Crippen molar-refractivity contribution in [2.75, 3.05) is 28.2 Å². The van der Waals surface area contributed by atoms with Crippen LogP contribution >= 0.6 is 12.4 Å². The van der Waals surface area contributed by atoms with E-state index in [9.17, 15) is 15.3 Å². The van der Waals surface area contributed by atoms with Crippen molar-refractivity contribution in [1.29, 1.82) is 0 Å². The summed E-state index contributed by atoms with van der Waals surface area (Å²) >= 11 is 0. The molecule has 0 saturated heterocycles. The first-order valence-electron chi connectivity index (χ1n) is 17.6. The van der Waals surface area contributed by atoms with Gasteiger partial charge in [-0.15, -0.1) is 12.4 Å². The van der Waals surface area contributed by atoms with E-state index in [-0.39, 0.29) is 24.8 Å². The highest BCUT2D eigenvalue weighted by molar-refractivity contribution is 5.85. The summed E-state index contributed by atoms with van der Waals surface area (Å²) in [7, 11) is 8.05. The number of nitrogens with zero attached hydrogens (tertiary/aromatic N) is 1. The number of quaternary nitrogens is 1. The van der Waals surface area contributed by atoms with Gasteiger partial charge in [-0.25, -0.2) is 0 Å². The van der Waals surface area contributed by atoms with Crippen LogP contribution in [-0.4, -0.2) is 71.5 Å². The Morgan fingerprint density at radius 3 is 1.07 bits per heavy atom. The van der Waals surface area contributed by atoms with Gasteiger partial charge in [0.15, 0.2) is 5.72 Å². The number of rotatable bonds is 29. The molecule has 7 heteroatoms. The largest absolute Gasteiger partial charge is 1.00 e. The molecule has 4 N–H and O–H groups in total. The van der Waals surface area contributed by atoms with Crippen LogP contribution in [0.4, 0.5) is 0 Å². The number of hydrogen-bond donors (Lipinski definition) is 4. The third-order valence-electron chi connectivity index (χ3n) is 9.61. The Balaban J connectivity index is -0.00000760. The lowest BCUT2D eigenvalue weighted by molar-refractivity contribution is -0.935. The maximum atomic E-state index is 11.6. The van der Waals surface area contributed by atoms with Crippen LogP contribution in [0.2, 0.25) is 0 Å². The van der Waals surface area contributed by atoms with Crippen molar-refractivity contribution >= 4 is 12.4 Å². The molecule has 258 valence electrons. The van der Waals surface area contributed by atoms with Crippen molar-refractivity contribution in [3.63, 3.8) is 0 Å². The van der Waals surface area contributed by atoms with Crippen LogP contribution in [0.3, 0.4) is 0 Å². The number of aliphatic hydroxyl groups excluding tert-OH is 2. The minimum Gasteiger partial charge on any atom is -1.00 e. The van der Waals surface area contributed by atoms with E-state index in [2.05, 4.69) is 40.3 Å². The number of halogens is 2. The highest BCUT2D eigenvalue weighted by Gasteiger charge is 2.57. The molecule has 0 bridgehead atoms. The van der Waals surface area contributed by atoms with Gasteiger partial charge in [0, 0.05) is 12.8 Å². The normalized spacial score (nSPS) is 16.1. The van der Waals surface area contributed by atoms with Crippen molar-refractivity contribution in [3.8, 4) is 0 Å². The lowest BCUT2D eigenvalue weighted by atomic mass is 9.74. The van der Waals surface area contributed by atoms with E-state index in [0.717, 1.165) is 38.5 Å². The predicted octanol–water partition coefficient (Wildman–Crippen LogP) is 5.91. The molecule has 0 saturated carbocycles. The molecule has 0 aliphatic rings. The Labute approximate surface area is 275 Å². The SMILES string of the molecule is CCCCCCCCCCCCC(O)CC(CC(O)CCCCCCCCCCCC)(C(C)(O)NC)[N+](C)(C)C.Cl.[Cl-]. The topological polar surface area (TPSA) is 72.7 Å². The van der Waals surface area contributed by atoms with E-state index in [4.69, 9.17) is 0 Å². The molecule has 3 atom stereocenters. The standard InChI is InChI=1S/C35H75N2O3.2ClH/c1-8-10-12-14-16-18-20-22-24-26-28-32(38)30-35(37(5,6)7,34(3,40)36-4)31-33(39)29-27-25-23-21-19-17-15-13-11-9-2;;/h32-33,36,38-40H,8-31H2,1-7H3;2*1H/q+1;;/p-1. The Hall–Kier alpha value is 0.380. The fourth-order valence-electron chi connectivity index (χ4n) is 6.63. The molecule has 0 radical (unpaired) electrons. The lowest BCUT2D eigenvalue weighted by Gasteiger charge is -2.55. The van der Waals surface area contributed by atoms with Gasteiger partial charge in [-0.2, -0.15) is 0 Å². The van der Waals surface area contributed by atoms with Crippen molar-refractivity contribution in [1.82, 2.24) is 5.32 Å². The molecule has 0 aliphatic heterocycles. The van der Waals surface area contributed by atoms with Gasteiger partial charge in [-0.05, 0) is 26.8 Å². The third kappa shape index (κ3) is 20.4. The summed E-state index contributed by atoms with van der Waals surface area (Å²) in [5, 5.41) is 37.1. The van der Waals surface area contributed by atoms with Gasteiger partial charge in [0.2, 0.25) is 0 Å². The van der Waals surface area contributed by atoms with Gasteiger partial charge < -0.3 is 32.2 Å². The Kier molecular flexibility index (Phi) is 30.8. The van der Waals surface area contributed by atoms with Gasteiger partial charge in [-0.3, -0.25) is 5.32 Å². The zero-order valence-electron chi connectivity index (χ0n) is 29.2. The molecule has 0 aromatic rings. The first-order valence-corrected chi connectivity index (χ1v) is 17.6.